The van der Waals surface area contributed by atoms with Gasteiger partial charge in [0.1, 0.15) is 6.07 Å². The summed E-state index contributed by atoms with van der Waals surface area (Å²) in [5, 5.41) is 34.1. The molecule has 0 amide bonds. The summed E-state index contributed by atoms with van der Waals surface area (Å²) in [7, 11) is 0. The zero-order valence-electron chi connectivity index (χ0n) is 26.7. The second-order valence-corrected chi connectivity index (χ2v) is 12.3. The summed E-state index contributed by atoms with van der Waals surface area (Å²) in [6.45, 7) is 0. The van der Waals surface area contributed by atoms with Gasteiger partial charge in [-0.1, -0.05) is 91.0 Å². The third-order valence-corrected chi connectivity index (χ3v) is 9.65. The van der Waals surface area contributed by atoms with E-state index in [9.17, 15) is 15.8 Å². The summed E-state index contributed by atoms with van der Waals surface area (Å²) in [6.07, 6.45) is 0. The quantitative estimate of drug-likeness (QED) is 0.193. The first-order valence-electron chi connectivity index (χ1n) is 16.3. The third kappa shape index (κ3) is 4.24. The maximum Gasteiger partial charge on any atom is 0.101 e. The summed E-state index contributed by atoms with van der Waals surface area (Å²) in [5.41, 5.74) is 11.5. The monoisotopic (exact) mass is 635 g/mol. The van der Waals surface area contributed by atoms with Crippen molar-refractivity contribution in [3.8, 4) is 51.8 Å². The molecule has 50 heavy (non-hydrogen) atoms. The standard InChI is InChI=1S/C45H25N5/c46-26-29-19-24-42-39(25-29)36-13-3-5-16-40(36)49(42)33-22-20-30(21-23-33)34-11-1-2-12-35(34)37-15-7-10-32(28-48)45(37)50-41-17-6-4-14-38(41)44-31(27-47)9-8-18-43(44)50/h1-25H. The predicted molar refractivity (Wildman–Crippen MR) is 200 cm³/mol. The van der Waals surface area contributed by atoms with Gasteiger partial charge in [0.2, 0.25) is 0 Å². The van der Waals surface area contributed by atoms with Gasteiger partial charge in [0.25, 0.3) is 0 Å². The van der Waals surface area contributed by atoms with Crippen LogP contribution in [0.2, 0.25) is 0 Å². The molecule has 5 heteroatoms. The summed E-state index contributed by atoms with van der Waals surface area (Å²) < 4.78 is 4.38. The Morgan fingerprint density at radius 3 is 1.76 bits per heavy atom. The molecule has 0 saturated heterocycles. The van der Waals surface area contributed by atoms with Crippen LogP contribution >= 0.6 is 0 Å². The van der Waals surface area contributed by atoms with Gasteiger partial charge >= 0.3 is 0 Å². The first-order valence-corrected chi connectivity index (χ1v) is 16.3. The van der Waals surface area contributed by atoms with Crippen LogP contribution in [0.3, 0.4) is 0 Å². The van der Waals surface area contributed by atoms with Crippen molar-refractivity contribution in [2.45, 2.75) is 0 Å². The van der Waals surface area contributed by atoms with E-state index in [4.69, 9.17) is 0 Å². The minimum Gasteiger partial charge on any atom is -0.309 e. The smallest absolute Gasteiger partial charge is 0.101 e. The molecule has 0 aliphatic rings. The molecule has 2 heterocycles. The molecule has 0 unspecified atom stereocenters. The van der Waals surface area contributed by atoms with E-state index in [1.54, 1.807) is 0 Å². The number of rotatable bonds is 4. The topological polar surface area (TPSA) is 81.2 Å². The van der Waals surface area contributed by atoms with Gasteiger partial charge in [-0.25, -0.2) is 0 Å². The Hall–Kier alpha value is -7.39. The molecular weight excluding hydrogens is 611 g/mol. The molecule has 230 valence electrons. The molecule has 0 bridgehead atoms. The lowest BCUT2D eigenvalue weighted by Crippen LogP contribution is -2.01. The molecule has 0 fully saturated rings. The van der Waals surface area contributed by atoms with Crippen LogP contribution in [0.5, 0.6) is 0 Å². The Balaban J connectivity index is 1.24. The van der Waals surface area contributed by atoms with E-state index in [0.717, 1.165) is 77.2 Å². The number of aromatic nitrogens is 2. The molecule has 0 spiro atoms. The van der Waals surface area contributed by atoms with Crippen molar-refractivity contribution in [1.29, 1.82) is 15.8 Å². The van der Waals surface area contributed by atoms with E-state index in [1.807, 2.05) is 91.0 Å². The van der Waals surface area contributed by atoms with Crippen LogP contribution in [0.15, 0.2) is 152 Å². The molecule has 0 saturated carbocycles. The zero-order valence-corrected chi connectivity index (χ0v) is 26.7. The fraction of sp³-hybridized carbons (Fsp3) is 0. The highest BCUT2D eigenvalue weighted by molar-refractivity contribution is 6.13. The highest BCUT2D eigenvalue weighted by atomic mass is 15.0. The second kappa shape index (κ2) is 11.4. The average Bonchev–Trinajstić information content (AvgIpc) is 3.70. The fourth-order valence-corrected chi connectivity index (χ4v) is 7.53. The van der Waals surface area contributed by atoms with Gasteiger partial charge in [0, 0.05) is 32.8 Å². The Kier molecular flexibility index (Phi) is 6.56. The molecule has 9 aromatic rings. The third-order valence-electron chi connectivity index (χ3n) is 9.65. The van der Waals surface area contributed by atoms with Crippen LogP contribution in [0, 0.1) is 34.0 Å². The van der Waals surface area contributed by atoms with Crippen molar-refractivity contribution in [3.05, 3.63) is 168 Å². The normalized spacial score (nSPS) is 11.1. The lowest BCUT2D eigenvalue weighted by Gasteiger charge is -2.18. The molecule has 0 radical (unpaired) electrons. The lowest BCUT2D eigenvalue weighted by molar-refractivity contribution is 1.17. The van der Waals surface area contributed by atoms with Gasteiger partial charge in [-0.3, -0.25) is 0 Å². The number of benzene rings is 7. The average molecular weight is 636 g/mol. The zero-order chi connectivity index (χ0) is 33.8. The summed E-state index contributed by atoms with van der Waals surface area (Å²) in [5.74, 6) is 0. The van der Waals surface area contributed by atoms with Gasteiger partial charge in [-0.05, 0) is 77.4 Å². The Morgan fingerprint density at radius 1 is 0.400 bits per heavy atom. The molecule has 2 aromatic heterocycles. The van der Waals surface area contributed by atoms with Gasteiger partial charge in [-0.15, -0.1) is 0 Å². The first-order chi connectivity index (χ1) is 24.7. The maximum absolute atomic E-state index is 10.5. The number of fused-ring (bicyclic) bond motifs is 6. The van der Waals surface area contributed by atoms with Crippen LogP contribution in [-0.4, -0.2) is 9.13 Å². The minimum atomic E-state index is 0.545. The van der Waals surface area contributed by atoms with Crippen molar-refractivity contribution in [2.75, 3.05) is 0 Å². The van der Waals surface area contributed by atoms with Crippen LogP contribution in [0.1, 0.15) is 16.7 Å². The number of hydrogen-bond acceptors (Lipinski definition) is 3. The van der Waals surface area contributed by atoms with E-state index < -0.39 is 0 Å². The van der Waals surface area contributed by atoms with Crippen LogP contribution in [0.25, 0.3) is 77.2 Å². The largest absolute Gasteiger partial charge is 0.309 e. The molecule has 7 aromatic carbocycles. The highest BCUT2D eigenvalue weighted by Gasteiger charge is 2.22. The molecule has 0 aliphatic heterocycles. The van der Waals surface area contributed by atoms with E-state index in [2.05, 4.69) is 88.0 Å². The lowest BCUT2D eigenvalue weighted by atomic mass is 9.92. The number of nitrogens with zero attached hydrogens (tertiary/aromatic N) is 5. The Bertz CT molecular complexity index is 2960. The summed E-state index contributed by atoms with van der Waals surface area (Å²) >= 11 is 0. The van der Waals surface area contributed by atoms with E-state index in [-0.39, 0.29) is 0 Å². The Morgan fingerprint density at radius 2 is 1.00 bits per heavy atom. The second-order valence-electron chi connectivity index (χ2n) is 12.3. The van der Waals surface area contributed by atoms with Gasteiger partial charge in [0.05, 0.1) is 56.6 Å². The van der Waals surface area contributed by atoms with Crippen molar-refractivity contribution < 1.29 is 0 Å². The first kappa shape index (κ1) is 28.8. The number of hydrogen-bond donors (Lipinski definition) is 0. The van der Waals surface area contributed by atoms with E-state index in [1.165, 1.54) is 0 Å². The molecular formula is C45H25N5. The van der Waals surface area contributed by atoms with Crippen molar-refractivity contribution in [1.82, 2.24) is 9.13 Å². The maximum atomic E-state index is 10.5. The fourth-order valence-electron chi connectivity index (χ4n) is 7.53. The van der Waals surface area contributed by atoms with Crippen molar-refractivity contribution in [2.24, 2.45) is 0 Å². The molecule has 9 rings (SSSR count). The molecule has 0 N–H and O–H groups in total. The summed E-state index contributed by atoms with van der Waals surface area (Å²) in [6, 6.07) is 57.8. The van der Waals surface area contributed by atoms with Crippen LogP contribution < -0.4 is 0 Å². The number of para-hydroxylation sites is 3. The SMILES string of the molecule is N#Cc1ccc2c(c1)c1ccccc1n2-c1ccc(-c2ccccc2-c2cccc(C#N)c2-n2c3ccccc3c3c(C#N)cccc32)cc1. The van der Waals surface area contributed by atoms with Gasteiger partial charge < -0.3 is 9.13 Å². The van der Waals surface area contributed by atoms with Crippen LogP contribution in [0.4, 0.5) is 0 Å². The van der Waals surface area contributed by atoms with E-state index >= 15 is 0 Å². The van der Waals surface area contributed by atoms with Gasteiger partial charge in [-0.2, -0.15) is 15.8 Å². The van der Waals surface area contributed by atoms with Gasteiger partial charge in [0.15, 0.2) is 0 Å². The highest BCUT2D eigenvalue weighted by Crippen LogP contribution is 2.42. The van der Waals surface area contributed by atoms with E-state index in [0.29, 0.717) is 16.7 Å². The number of nitriles is 3. The summed E-state index contributed by atoms with van der Waals surface area (Å²) in [4.78, 5) is 0. The molecule has 0 aliphatic carbocycles. The predicted octanol–water partition coefficient (Wildman–Crippen LogP) is 10.8. The molecule has 5 nitrogen and oxygen atoms in total. The molecule has 0 atom stereocenters. The Labute approximate surface area is 287 Å². The van der Waals surface area contributed by atoms with Crippen LogP contribution in [-0.2, 0) is 0 Å². The van der Waals surface area contributed by atoms with Crippen molar-refractivity contribution >= 4 is 43.6 Å². The minimum absolute atomic E-state index is 0.545. The van der Waals surface area contributed by atoms with Crippen molar-refractivity contribution in [3.63, 3.8) is 0 Å².